The number of hydrogen-bond donors (Lipinski definition) is 0. The normalized spacial score (nSPS) is 29.5. The van der Waals surface area contributed by atoms with Crippen molar-refractivity contribution < 1.29 is 19.1 Å². The molecule has 2 amide bonds. The number of ether oxygens (including phenoxy) is 1. The van der Waals surface area contributed by atoms with Gasteiger partial charge >= 0.3 is 5.97 Å². The molecule has 3 aliphatic rings. The molecule has 30 heavy (non-hydrogen) atoms. The van der Waals surface area contributed by atoms with Crippen molar-refractivity contribution in [1.29, 1.82) is 5.26 Å². The average molecular weight is 426 g/mol. The Bertz CT molecular complexity index is 986. The van der Waals surface area contributed by atoms with Crippen LogP contribution in [0.25, 0.3) is 0 Å². The van der Waals surface area contributed by atoms with Crippen molar-refractivity contribution in [2.45, 2.75) is 31.2 Å². The molecule has 8 nitrogen and oxygen atoms in total. The number of fused-ring (bicyclic) bond motifs is 3. The zero-order chi connectivity index (χ0) is 21.6. The summed E-state index contributed by atoms with van der Waals surface area (Å²) in [5.41, 5.74) is 0.312. The molecule has 0 saturated carbocycles. The van der Waals surface area contributed by atoms with E-state index in [2.05, 4.69) is 11.1 Å². The quantitative estimate of drug-likeness (QED) is 0.529. The number of imide groups is 1. The number of carbonyl (C=O) groups is 3. The number of carbonyl (C=O) groups excluding carboxylic acids is 3. The third-order valence-corrected chi connectivity index (χ3v) is 7.34. The molecule has 3 heterocycles. The third kappa shape index (κ3) is 2.74. The van der Waals surface area contributed by atoms with Crippen LogP contribution in [-0.4, -0.2) is 64.5 Å². The van der Waals surface area contributed by atoms with E-state index in [-0.39, 0.29) is 24.4 Å². The van der Waals surface area contributed by atoms with Crippen LogP contribution in [0.5, 0.6) is 0 Å². The summed E-state index contributed by atoms with van der Waals surface area (Å²) in [7, 11) is 1.30. The summed E-state index contributed by atoms with van der Waals surface area (Å²) in [5, 5.41) is 9.58. The van der Waals surface area contributed by atoms with Gasteiger partial charge in [0.15, 0.2) is 5.17 Å². The van der Waals surface area contributed by atoms with Gasteiger partial charge in [0, 0.05) is 12.3 Å². The second-order valence-electron chi connectivity index (χ2n) is 7.72. The molecule has 156 valence electrons. The van der Waals surface area contributed by atoms with Crippen LogP contribution in [0.3, 0.4) is 0 Å². The number of likely N-dealkylation sites (tertiary alicyclic amines) is 1. The van der Waals surface area contributed by atoms with Crippen LogP contribution >= 0.6 is 11.8 Å². The summed E-state index contributed by atoms with van der Waals surface area (Å²) in [5.74, 6) is -1.87. The number of thioether (sulfide) groups is 1. The van der Waals surface area contributed by atoms with Gasteiger partial charge in [-0.3, -0.25) is 19.5 Å². The Morgan fingerprint density at radius 1 is 1.33 bits per heavy atom. The maximum atomic E-state index is 13.0. The van der Waals surface area contributed by atoms with E-state index in [0.717, 1.165) is 5.56 Å². The Morgan fingerprint density at radius 2 is 2.03 bits per heavy atom. The van der Waals surface area contributed by atoms with Crippen LogP contribution in [0.2, 0.25) is 0 Å². The zero-order valence-electron chi connectivity index (χ0n) is 17.0. The first-order valence-electron chi connectivity index (χ1n) is 9.77. The van der Waals surface area contributed by atoms with Gasteiger partial charge in [0.25, 0.3) is 0 Å². The molecule has 9 heteroatoms. The predicted molar refractivity (Wildman–Crippen MR) is 110 cm³/mol. The van der Waals surface area contributed by atoms with Gasteiger partial charge in [0.05, 0.1) is 43.2 Å². The van der Waals surface area contributed by atoms with E-state index in [4.69, 9.17) is 10.00 Å². The van der Waals surface area contributed by atoms with Gasteiger partial charge in [-0.15, -0.1) is 0 Å². The molecular weight excluding hydrogens is 404 g/mol. The average Bonchev–Trinajstić information content (AvgIpc) is 3.37. The summed E-state index contributed by atoms with van der Waals surface area (Å²) in [6, 6.07) is 9.02. The maximum absolute atomic E-state index is 13.0. The van der Waals surface area contributed by atoms with Crippen molar-refractivity contribution in [3.8, 4) is 6.07 Å². The molecule has 0 N–H and O–H groups in total. The van der Waals surface area contributed by atoms with Gasteiger partial charge in [0.2, 0.25) is 11.8 Å². The molecule has 0 unspecified atom stereocenters. The minimum Gasteiger partial charge on any atom is -0.467 e. The Labute approximate surface area is 178 Å². The van der Waals surface area contributed by atoms with Crippen molar-refractivity contribution in [3.63, 3.8) is 0 Å². The number of rotatable bonds is 4. The lowest BCUT2D eigenvalue weighted by Crippen LogP contribution is -2.57. The first kappa shape index (κ1) is 20.4. The summed E-state index contributed by atoms with van der Waals surface area (Å²) in [6.45, 7) is 4.09. The highest BCUT2D eigenvalue weighted by Gasteiger charge is 2.71. The molecular formula is C21H22N4O4S. The Balaban J connectivity index is 1.63. The minimum atomic E-state index is -1.28. The second-order valence-corrected chi connectivity index (χ2v) is 8.66. The Hall–Kier alpha value is -2.86. The van der Waals surface area contributed by atoms with Gasteiger partial charge < -0.3 is 9.64 Å². The smallest absolute Gasteiger partial charge is 0.332 e. The highest BCUT2D eigenvalue weighted by molar-refractivity contribution is 8.13. The maximum Gasteiger partial charge on any atom is 0.332 e. The molecule has 0 radical (unpaired) electrons. The lowest BCUT2D eigenvalue weighted by atomic mass is 9.81. The van der Waals surface area contributed by atoms with Crippen LogP contribution in [0.15, 0.2) is 29.3 Å². The molecule has 1 aromatic rings. The summed E-state index contributed by atoms with van der Waals surface area (Å²) in [4.78, 5) is 46.6. The Kier molecular flexibility index (Phi) is 5.06. The first-order valence-corrected chi connectivity index (χ1v) is 10.8. The fourth-order valence-electron chi connectivity index (χ4n) is 4.85. The molecule has 4 rings (SSSR count). The zero-order valence-corrected chi connectivity index (χ0v) is 17.8. The largest absolute Gasteiger partial charge is 0.467 e. The third-order valence-electron chi connectivity index (χ3n) is 6.28. The van der Waals surface area contributed by atoms with E-state index >= 15 is 0 Å². The summed E-state index contributed by atoms with van der Waals surface area (Å²) >= 11 is 1.45. The van der Waals surface area contributed by atoms with Crippen LogP contribution in [-0.2, 0) is 24.9 Å². The van der Waals surface area contributed by atoms with Crippen molar-refractivity contribution in [2.24, 2.45) is 16.8 Å². The van der Waals surface area contributed by atoms with Crippen molar-refractivity contribution in [2.75, 3.05) is 20.2 Å². The molecule has 2 fully saturated rings. The fourth-order valence-corrected chi connectivity index (χ4v) is 5.97. The van der Waals surface area contributed by atoms with E-state index in [0.29, 0.717) is 23.0 Å². The number of nitriles is 1. The number of aliphatic imine (C=N–C) groups is 1. The number of nitrogens with zero attached hydrogens (tertiary/aromatic N) is 4. The molecule has 0 spiro atoms. The van der Waals surface area contributed by atoms with Crippen molar-refractivity contribution in [1.82, 2.24) is 9.80 Å². The molecule has 4 atom stereocenters. The van der Waals surface area contributed by atoms with E-state index in [9.17, 15) is 14.4 Å². The van der Waals surface area contributed by atoms with Gasteiger partial charge in [-0.1, -0.05) is 23.9 Å². The molecule has 0 aromatic heterocycles. The lowest BCUT2D eigenvalue weighted by Gasteiger charge is -2.37. The van der Waals surface area contributed by atoms with Gasteiger partial charge in [0.1, 0.15) is 5.54 Å². The highest BCUT2D eigenvalue weighted by atomic mass is 32.2. The fraction of sp³-hybridized carbons (Fsp3) is 0.476. The van der Waals surface area contributed by atoms with Gasteiger partial charge in [-0.25, -0.2) is 4.79 Å². The van der Waals surface area contributed by atoms with Crippen LogP contribution in [0.4, 0.5) is 0 Å². The van der Waals surface area contributed by atoms with Crippen LogP contribution in [0, 0.1) is 23.2 Å². The monoisotopic (exact) mass is 426 g/mol. The molecule has 1 aromatic carbocycles. The topological polar surface area (TPSA) is 103 Å². The lowest BCUT2D eigenvalue weighted by molar-refractivity contribution is -0.156. The SMILES string of the molecule is CCN1C(=O)[C@H]2[C@H]3CN=C(SCc4ccc(C#N)cc4)N3[C@@](C)(C(=O)OC)[C@H]2C1=O. The van der Waals surface area contributed by atoms with E-state index in [1.165, 1.54) is 23.8 Å². The Morgan fingerprint density at radius 3 is 2.63 bits per heavy atom. The van der Waals surface area contributed by atoms with Crippen molar-refractivity contribution >= 4 is 34.7 Å². The minimum absolute atomic E-state index is 0.233. The van der Waals surface area contributed by atoms with E-state index in [1.807, 2.05) is 17.0 Å². The highest BCUT2D eigenvalue weighted by Crippen LogP contribution is 2.52. The van der Waals surface area contributed by atoms with Crippen molar-refractivity contribution in [3.05, 3.63) is 35.4 Å². The molecule has 3 aliphatic heterocycles. The number of benzene rings is 1. The molecule has 2 saturated heterocycles. The molecule has 0 bridgehead atoms. The first-order chi connectivity index (χ1) is 14.4. The van der Waals surface area contributed by atoms with E-state index in [1.54, 1.807) is 26.0 Å². The number of methoxy groups -OCH3 is 1. The van der Waals surface area contributed by atoms with Crippen LogP contribution < -0.4 is 0 Å². The number of hydrogen-bond acceptors (Lipinski definition) is 8. The predicted octanol–water partition coefficient (Wildman–Crippen LogP) is 1.40. The van der Waals surface area contributed by atoms with Crippen LogP contribution in [0.1, 0.15) is 25.0 Å². The standard InChI is InChI=1S/C21H22N4O4S/c1-4-24-17(26)15-14-10-23-20(30-11-13-7-5-12(9-22)6-8-13)25(14)21(2,19(28)29-3)16(15)18(24)27/h5-8,14-16H,4,10-11H2,1-3H3/t14-,15+,16-,21-/m1/s1. The van der Waals surface area contributed by atoms with Gasteiger partial charge in [-0.2, -0.15) is 5.26 Å². The summed E-state index contributed by atoms with van der Waals surface area (Å²) < 4.78 is 5.09. The number of amides is 2. The van der Waals surface area contributed by atoms with Gasteiger partial charge in [-0.05, 0) is 31.5 Å². The van der Waals surface area contributed by atoms with E-state index < -0.39 is 23.3 Å². The second kappa shape index (κ2) is 7.43. The summed E-state index contributed by atoms with van der Waals surface area (Å²) in [6.07, 6.45) is 0. The number of amidine groups is 1. The molecule has 0 aliphatic carbocycles. The number of esters is 1.